The summed E-state index contributed by atoms with van der Waals surface area (Å²) in [6, 6.07) is 11.1. The zero-order valence-electron chi connectivity index (χ0n) is 13.7. The van der Waals surface area contributed by atoms with Crippen LogP contribution in [0.25, 0.3) is 0 Å². The summed E-state index contributed by atoms with van der Waals surface area (Å²) in [5.41, 5.74) is 1.21. The van der Waals surface area contributed by atoms with Crippen molar-refractivity contribution in [1.82, 2.24) is 0 Å². The van der Waals surface area contributed by atoms with E-state index in [1.165, 1.54) is 36.7 Å². The standard InChI is InChI=1S/C17H17Cl2NO4S/c1-20(25(22,23)13-8-9-14(18)15(19)11-13)16-6-4-3-5-12(16)7-10-17(21)24-2/h3-6,8-9,11H,7,10H2,1-2H3. The molecule has 0 spiro atoms. The molecule has 0 aliphatic heterocycles. The summed E-state index contributed by atoms with van der Waals surface area (Å²) in [7, 11) is -1.06. The number of ether oxygens (including phenoxy) is 1. The van der Waals surface area contributed by atoms with Gasteiger partial charge in [-0.1, -0.05) is 41.4 Å². The number of aryl methyl sites for hydroxylation is 1. The number of anilines is 1. The average molecular weight is 402 g/mol. The van der Waals surface area contributed by atoms with E-state index in [-0.39, 0.29) is 27.3 Å². The van der Waals surface area contributed by atoms with Crippen LogP contribution in [0.15, 0.2) is 47.4 Å². The van der Waals surface area contributed by atoms with Crippen LogP contribution in [0.5, 0.6) is 0 Å². The van der Waals surface area contributed by atoms with Gasteiger partial charge < -0.3 is 4.74 Å². The molecule has 0 aliphatic rings. The van der Waals surface area contributed by atoms with Crippen LogP contribution >= 0.6 is 23.2 Å². The second kappa shape index (κ2) is 8.08. The molecule has 0 saturated heterocycles. The summed E-state index contributed by atoms with van der Waals surface area (Å²) in [6.07, 6.45) is 0.526. The molecule has 0 unspecified atom stereocenters. The molecule has 0 radical (unpaired) electrons. The topological polar surface area (TPSA) is 63.7 Å². The quantitative estimate of drug-likeness (QED) is 0.687. The van der Waals surface area contributed by atoms with E-state index in [1.54, 1.807) is 24.3 Å². The number of esters is 1. The van der Waals surface area contributed by atoms with Crippen molar-refractivity contribution in [2.45, 2.75) is 17.7 Å². The van der Waals surface area contributed by atoms with Crippen LogP contribution < -0.4 is 4.31 Å². The van der Waals surface area contributed by atoms with Crippen molar-refractivity contribution in [1.29, 1.82) is 0 Å². The molecule has 0 aromatic heterocycles. The summed E-state index contributed by atoms with van der Waals surface area (Å²) < 4.78 is 31.6. The molecule has 2 aromatic carbocycles. The van der Waals surface area contributed by atoms with Crippen molar-refractivity contribution in [3.63, 3.8) is 0 Å². The van der Waals surface area contributed by atoms with Crippen LogP contribution in [0.2, 0.25) is 10.0 Å². The SMILES string of the molecule is COC(=O)CCc1ccccc1N(C)S(=O)(=O)c1ccc(Cl)c(Cl)c1. The molecule has 0 N–H and O–H groups in total. The molecule has 0 aliphatic carbocycles. The number of rotatable bonds is 6. The first-order valence-electron chi connectivity index (χ1n) is 7.36. The Bertz CT molecular complexity index is 884. The number of methoxy groups -OCH3 is 1. The Labute approximate surface area is 157 Å². The normalized spacial score (nSPS) is 11.2. The van der Waals surface area contributed by atoms with Crippen LogP contribution in [0.1, 0.15) is 12.0 Å². The minimum absolute atomic E-state index is 0.0344. The van der Waals surface area contributed by atoms with Gasteiger partial charge in [0.2, 0.25) is 0 Å². The van der Waals surface area contributed by atoms with Crippen molar-refractivity contribution in [2.75, 3.05) is 18.5 Å². The lowest BCUT2D eigenvalue weighted by atomic mass is 10.1. The number of para-hydroxylation sites is 1. The molecular formula is C17H17Cl2NO4S. The van der Waals surface area contributed by atoms with E-state index in [2.05, 4.69) is 4.74 Å². The molecule has 25 heavy (non-hydrogen) atoms. The third-order valence-electron chi connectivity index (χ3n) is 3.71. The summed E-state index contributed by atoms with van der Waals surface area (Å²) in [5.74, 6) is -0.357. The van der Waals surface area contributed by atoms with Crippen molar-refractivity contribution >= 4 is 44.9 Å². The maximum atomic E-state index is 12.9. The second-order valence-electron chi connectivity index (χ2n) is 5.25. The minimum atomic E-state index is -3.82. The molecule has 0 fully saturated rings. The lowest BCUT2D eigenvalue weighted by molar-refractivity contribution is -0.140. The first-order chi connectivity index (χ1) is 11.8. The van der Waals surface area contributed by atoms with Crippen molar-refractivity contribution in [3.8, 4) is 0 Å². The number of nitrogens with zero attached hydrogens (tertiary/aromatic N) is 1. The van der Waals surface area contributed by atoms with Crippen LogP contribution in [0.3, 0.4) is 0 Å². The van der Waals surface area contributed by atoms with Gasteiger partial charge >= 0.3 is 5.97 Å². The predicted octanol–water partition coefficient (Wildman–Crippen LogP) is 3.92. The third kappa shape index (κ3) is 4.45. The Kier molecular flexibility index (Phi) is 6.32. The van der Waals surface area contributed by atoms with Crippen molar-refractivity contribution in [3.05, 3.63) is 58.1 Å². The minimum Gasteiger partial charge on any atom is -0.469 e. The molecule has 0 bridgehead atoms. The van der Waals surface area contributed by atoms with E-state index >= 15 is 0 Å². The Morgan fingerprint density at radius 2 is 1.80 bits per heavy atom. The highest BCUT2D eigenvalue weighted by Gasteiger charge is 2.24. The van der Waals surface area contributed by atoms with Gasteiger partial charge in [-0.25, -0.2) is 8.42 Å². The maximum absolute atomic E-state index is 12.9. The Morgan fingerprint density at radius 1 is 1.12 bits per heavy atom. The molecule has 0 amide bonds. The van der Waals surface area contributed by atoms with E-state index in [0.717, 1.165) is 5.56 Å². The largest absolute Gasteiger partial charge is 0.469 e. The molecule has 134 valence electrons. The molecule has 2 rings (SSSR count). The molecule has 0 saturated carbocycles. The van der Waals surface area contributed by atoms with Gasteiger partial charge in [-0.2, -0.15) is 0 Å². The summed E-state index contributed by atoms with van der Waals surface area (Å²) in [6.45, 7) is 0. The van der Waals surface area contributed by atoms with E-state index < -0.39 is 10.0 Å². The van der Waals surface area contributed by atoms with Gasteiger partial charge in [-0.05, 0) is 36.2 Å². The lowest BCUT2D eigenvalue weighted by Gasteiger charge is -2.22. The fourth-order valence-corrected chi connectivity index (χ4v) is 3.92. The number of benzene rings is 2. The number of sulfonamides is 1. The fraction of sp³-hybridized carbons (Fsp3) is 0.235. The zero-order chi connectivity index (χ0) is 18.6. The number of hydrogen-bond donors (Lipinski definition) is 0. The highest BCUT2D eigenvalue weighted by atomic mass is 35.5. The highest BCUT2D eigenvalue weighted by Crippen LogP contribution is 2.30. The summed E-state index contributed by atoms with van der Waals surface area (Å²) >= 11 is 11.8. The average Bonchev–Trinajstić information content (AvgIpc) is 2.61. The van der Waals surface area contributed by atoms with E-state index in [4.69, 9.17) is 23.2 Å². The molecule has 5 nitrogen and oxygen atoms in total. The molecule has 0 atom stereocenters. The number of hydrogen-bond acceptors (Lipinski definition) is 4. The second-order valence-corrected chi connectivity index (χ2v) is 8.04. The fourth-order valence-electron chi connectivity index (χ4n) is 2.29. The van der Waals surface area contributed by atoms with Crippen LogP contribution in [-0.4, -0.2) is 28.5 Å². The first-order valence-corrected chi connectivity index (χ1v) is 9.55. The van der Waals surface area contributed by atoms with Gasteiger partial charge in [-0.15, -0.1) is 0 Å². The smallest absolute Gasteiger partial charge is 0.305 e. The van der Waals surface area contributed by atoms with Gasteiger partial charge in [0.25, 0.3) is 10.0 Å². The van der Waals surface area contributed by atoms with Gasteiger partial charge in [-0.3, -0.25) is 9.10 Å². The number of carbonyl (C=O) groups is 1. The summed E-state index contributed by atoms with van der Waals surface area (Å²) in [5, 5.41) is 0.442. The predicted molar refractivity (Wildman–Crippen MR) is 98.8 cm³/mol. The first kappa shape index (κ1) is 19.6. The molecule has 0 heterocycles. The van der Waals surface area contributed by atoms with Gasteiger partial charge in [0, 0.05) is 13.5 Å². The van der Waals surface area contributed by atoms with Crippen LogP contribution in [0, 0.1) is 0 Å². The molecule has 2 aromatic rings. The highest BCUT2D eigenvalue weighted by molar-refractivity contribution is 7.92. The third-order valence-corrected chi connectivity index (χ3v) is 6.21. The Balaban J connectivity index is 2.37. The van der Waals surface area contributed by atoms with Gasteiger partial charge in [0.05, 0.1) is 27.7 Å². The molecule has 8 heteroatoms. The van der Waals surface area contributed by atoms with Gasteiger partial charge in [0.15, 0.2) is 0 Å². The Hall–Kier alpha value is -1.76. The van der Waals surface area contributed by atoms with E-state index in [1.807, 2.05) is 0 Å². The number of halogens is 2. The number of carbonyl (C=O) groups excluding carboxylic acids is 1. The maximum Gasteiger partial charge on any atom is 0.305 e. The van der Waals surface area contributed by atoms with E-state index in [9.17, 15) is 13.2 Å². The Morgan fingerprint density at radius 3 is 2.44 bits per heavy atom. The molecular weight excluding hydrogens is 385 g/mol. The summed E-state index contributed by atoms with van der Waals surface area (Å²) in [4.78, 5) is 11.4. The van der Waals surface area contributed by atoms with Crippen LogP contribution in [-0.2, 0) is 26.0 Å². The van der Waals surface area contributed by atoms with Crippen molar-refractivity contribution < 1.29 is 17.9 Å². The monoisotopic (exact) mass is 401 g/mol. The zero-order valence-corrected chi connectivity index (χ0v) is 16.0. The van der Waals surface area contributed by atoms with Crippen molar-refractivity contribution in [2.24, 2.45) is 0 Å². The van der Waals surface area contributed by atoms with E-state index in [0.29, 0.717) is 12.1 Å². The van der Waals surface area contributed by atoms with Gasteiger partial charge in [0.1, 0.15) is 0 Å². The van der Waals surface area contributed by atoms with Crippen LogP contribution in [0.4, 0.5) is 5.69 Å². The lowest BCUT2D eigenvalue weighted by Crippen LogP contribution is -2.27.